The molecule has 42 heavy (non-hydrogen) atoms. The predicted molar refractivity (Wildman–Crippen MR) is 150 cm³/mol. The molecule has 1 atom stereocenters. The average Bonchev–Trinajstić information content (AvgIpc) is 3.01. The number of aromatic hydroxyl groups is 1. The van der Waals surface area contributed by atoms with Gasteiger partial charge in [-0.3, -0.25) is 19.3 Å². The molecule has 224 valence electrons. The quantitative estimate of drug-likeness (QED) is 0.541. The Kier molecular flexibility index (Phi) is 6.97. The number of rotatable bonds is 2. The normalized spacial score (nSPS) is 25.7. The van der Waals surface area contributed by atoms with Crippen molar-refractivity contribution >= 4 is 5.91 Å². The highest BCUT2D eigenvalue weighted by molar-refractivity contribution is 5.97. The molecule has 4 aliphatic heterocycles. The number of halogens is 2. The van der Waals surface area contributed by atoms with Crippen molar-refractivity contribution in [3.8, 4) is 11.5 Å². The summed E-state index contributed by atoms with van der Waals surface area (Å²) in [6, 6.07) is 3.87. The molecule has 3 fully saturated rings. The fraction of sp³-hybridized carbons (Fsp3) is 0.548. The van der Waals surface area contributed by atoms with Crippen LogP contribution in [0.15, 0.2) is 41.3 Å². The lowest BCUT2D eigenvalue weighted by Gasteiger charge is -2.55. The zero-order valence-electron chi connectivity index (χ0n) is 23.5. The van der Waals surface area contributed by atoms with Crippen molar-refractivity contribution in [1.82, 2.24) is 14.5 Å². The first-order chi connectivity index (χ1) is 20.4. The maximum Gasteiger partial charge on any atom is 0.278 e. The van der Waals surface area contributed by atoms with E-state index in [9.17, 15) is 19.1 Å². The van der Waals surface area contributed by atoms with E-state index >= 15 is 4.39 Å². The Balaban J connectivity index is 1.37. The van der Waals surface area contributed by atoms with Crippen LogP contribution in [0.4, 0.5) is 8.78 Å². The minimum absolute atomic E-state index is 0.0103. The summed E-state index contributed by atoms with van der Waals surface area (Å²) >= 11 is 0. The molecule has 2 saturated heterocycles. The highest BCUT2D eigenvalue weighted by atomic mass is 19.2. The summed E-state index contributed by atoms with van der Waals surface area (Å²) in [5.74, 6) is -3.23. The average molecular weight is 583 g/mol. The number of aromatic nitrogens is 1. The predicted octanol–water partition coefficient (Wildman–Crippen LogP) is 3.69. The van der Waals surface area contributed by atoms with Gasteiger partial charge < -0.3 is 24.4 Å². The van der Waals surface area contributed by atoms with Gasteiger partial charge in [0.1, 0.15) is 13.3 Å². The number of hydrogen-bond acceptors (Lipinski definition) is 7. The third kappa shape index (κ3) is 4.40. The van der Waals surface area contributed by atoms with E-state index in [1.54, 1.807) is 21.7 Å². The molecule has 1 aromatic heterocycles. The summed E-state index contributed by atoms with van der Waals surface area (Å²) in [7, 11) is 0. The number of fused-ring (bicyclic) bond motifs is 6. The smallest absolute Gasteiger partial charge is 0.278 e. The van der Waals surface area contributed by atoms with Crippen LogP contribution in [-0.4, -0.2) is 76.6 Å². The molecular weight excluding hydrogens is 546 g/mol. The maximum absolute atomic E-state index is 15.5. The first kappa shape index (κ1) is 27.4. The van der Waals surface area contributed by atoms with E-state index in [0.29, 0.717) is 24.4 Å². The molecular formula is C31H36F2N4O5. The molecule has 1 amide bonds. The Hall–Kier alpha value is -3.44. The van der Waals surface area contributed by atoms with Crippen molar-refractivity contribution in [2.24, 2.45) is 5.92 Å². The van der Waals surface area contributed by atoms with Gasteiger partial charge in [0.15, 0.2) is 23.0 Å². The van der Waals surface area contributed by atoms with Crippen molar-refractivity contribution < 1.29 is 28.2 Å². The SMILES string of the molecule is O=C1c2c(O)c(=O)ccn2N2CN1C1(/C=C/COc3c(ccc(F)c3F)C2C2CCN(C3CCOCC3)CC2)CCC1. The minimum atomic E-state index is -1.05. The van der Waals surface area contributed by atoms with E-state index in [1.807, 2.05) is 11.1 Å². The van der Waals surface area contributed by atoms with Crippen molar-refractivity contribution in [3.05, 3.63) is 69.7 Å². The largest absolute Gasteiger partial charge is 0.502 e. The van der Waals surface area contributed by atoms with Crippen molar-refractivity contribution in [3.63, 3.8) is 0 Å². The highest BCUT2D eigenvalue weighted by Gasteiger charge is 2.50. The van der Waals surface area contributed by atoms with E-state index in [4.69, 9.17) is 9.47 Å². The van der Waals surface area contributed by atoms with Gasteiger partial charge in [-0.15, -0.1) is 0 Å². The summed E-state index contributed by atoms with van der Waals surface area (Å²) in [4.78, 5) is 30.8. The third-order valence-corrected chi connectivity index (χ3v) is 10.0. The molecule has 7 rings (SSSR count). The van der Waals surface area contributed by atoms with Crippen LogP contribution in [0.5, 0.6) is 11.5 Å². The molecule has 1 aliphatic carbocycles. The van der Waals surface area contributed by atoms with Gasteiger partial charge in [0.2, 0.25) is 11.2 Å². The summed E-state index contributed by atoms with van der Waals surface area (Å²) in [6.45, 7) is 3.37. The molecule has 1 spiro atoms. The van der Waals surface area contributed by atoms with Crippen LogP contribution in [0, 0.1) is 17.6 Å². The summed E-state index contributed by atoms with van der Waals surface area (Å²) in [5, 5.41) is 12.9. The summed E-state index contributed by atoms with van der Waals surface area (Å²) in [5.41, 5.74) is -0.895. The lowest BCUT2D eigenvalue weighted by atomic mass is 9.74. The van der Waals surface area contributed by atoms with Gasteiger partial charge >= 0.3 is 0 Å². The zero-order valence-corrected chi connectivity index (χ0v) is 23.5. The number of likely N-dealkylation sites (tertiary alicyclic amines) is 1. The monoisotopic (exact) mass is 582 g/mol. The molecule has 1 aromatic carbocycles. The van der Waals surface area contributed by atoms with Crippen molar-refractivity contribution in [2.45, 2.75) is 62.6 Å². The first-order valence-corrected chi connectivity index (χ1v) is 15.0. The van der Waals surface area contributed by atoms with Gasteiger partial charge in [0.05, 0.1) is 11.6 Å². The topological polar surface area (TPSA) is 87.5 Å². The first-order valence-electron chi connectivity index (χ1n) is 15.0. The van der Waals surface area contributed by atoms with Gasteiger partial charge in [-0.2, -0.15) is 4.39 Å². The fourth-order valence-corrected chi connectivity index (χ4v) is 7.60. The molecule has 2 bridgehead atoms. The second-order valence-electron chi connectivity index (χ2n) is 12.1. The lowest BCUT2D eigenvalue weighted by Crippen LogP contribution is -2.65. The van der Waals surface area contributed by atoms with Crippen LogP contribution < -0.4 is 15.2 Å². The fourth-order valence-electron chi connectivity index (χ4n) is 7.60. The van der Waals surface area contributed by atoms with E-state index in [-0.39, 0.29) is 30.6 Å². The Morgan fingerprint density at radius 3 is 2.48 bits per heavy atom. The van der Waals surface area contributed by atoms with Crippen LogP contribution in [0.25, 0.3) is 0 Å². The second kappa shape index (κ2) is 10.7. The van der Waals surface area contributed by atoms with Crippen molar-refractivity contribution in [2.75, 3.05) is 44.6 Å². The van der Waals surface area contributed by atoms with Crippen LogP contribution >= 0.6 is 0 Å². The number of piperidine rings is 1. The molecule has 5 heterocycles. The Labute approximate surface area is 242 Å². The van der Waals surface area contributed by atoms with Crippen LogP contribution in [0.2, 0.25) is 0 Å². The lowest BCUT2D eigenvalue weighted by molar-refractivity contribution is 0.0119. The Morgan fingerprint density at radius 2 is 1.76 bits per heavy atom. The molecule has 2 aromatic rings. The molecule has 0 radical (unpaired) electrons. The minimum Gasteiger partial charge on any atom is -0.502 e. The number of pyridine rings is 1. The van der Waals surface area contributed by atoms with E-state index in [2.05, 4.69) is 4.90 Å². The Morgan fingerprint density at radius 1 is 1.00 bits per heavy atom. The molecule has 1 saturated carbocycles. The van der Waals surface area contributed by atoms with Gasteiger partial charge in [-0.05, 0) is 76.1 Å². The molecule has 5 aliphatic rings. The second-order valence-corrected chi connectivity index (χ2v) is 12.1. The van der Waals surface area contributed by atoms with Crippen LogP contribution in [0.1, 0.15) is 67.0 Å². The molecule has 1 unspecified atom stereocenters. The number of amides is 1. The number of nitrogens with zero attached hydrogens (tertiary/aromatic N) is 4. The van der Waals surface area contributed by atoms with Crippen LogP contribution in [-0.2, 0) is 4.74 Å². The molecule has 9 nitrogen and oxygen atoms in total. The van der Waals surface area contributed by atoms with Crippen molar-refractivity contribution in [1.29, 1.82) is 0 Å². The molecule has 11 heteroatoms. The number of ether oxygens (including phenoxy) is 2. The number of carbonyl (C=O) groups excluding carboxylic acids is 1. The van der Waals surface area contributed by atoms with E-state index in [0.717, 1.165) is 64.5 Å². The number of hydrogen-bond donors (Lipinski definition) is 1. The van der Waals surface area contributed by atoms with Crippen LogP contribution in [0.3, 0.4) is 0 Å². The van der Waals surface area contributed by atoms with Gasteiger partial charge in [0, 0.05) is 37.1 Å². The molecule has 1 N–H and O–H groups in total. The zero-order chi connectivity index (χ0) is 29.0. The summed E-state index contributed by atoms with van der Waals surface area (Å²) in [6.07, 6.45) is 11.1. The Bertz CT molecular complexity index is 1460. The van der Waals surface area contributed by atoms with Gasteiger partial charge in [-0.1, -0.05) is 12.1 Å². The maximum atomic E-state index is 15.5. The standard InChI is InChI=1S/C31H36F2N4O5/c32-23-4-3-22-26(20-5-13-34(14-6-20)21-8-17-41-18-9-21)37-19-35(30(40)27-28(39)24(38)7-15-36(27)37)31(10-1-11-31)12-2-16-42-29(22)25(23)33/h2-4,7,12,15,20-21,26,39H,1,5-6,8-11,13-14,16-19H2/b12-2+. The van der Waals surface area contributed by atoms with E-state index in [1.165, 1.54) is 12.3 Å². The summed E-state index contributed by atoms with van der Waals surface area (Å²) < 4.78 is 43.2. The van der Waals surface area contributed by atoms with Gasteiger partial charge in [0.25, 0.3) is 5.91 Å². The van der Waals surface area contributed by atoms with E-state index < -0.39 is 40.3 Å². The number of carbonyl (C=O) groups is 1. The third-order valence-electron chi connectivity index (χ3n) is 10.0. The highest BCUT2D eigenvalue weighted by Crippen LogP contribution is 2.46. The van der Waals surface area contributed by atoms with Gasteiger partial charge in [-0.25, -0.2) is 4.39 Å². The number of benzene rings is 1.